The van der Waals surface area contributed by atoms with Crippen LogP contribution in [-0.4, -0.2) is 31.7 Å². The third-order valence-corrected chi connectivity index (χ3v) is 7.27. The molecule has 1 N–H and O–H groups in total. The Morgan fingerprint density at radius 2 is 1.86 bits per heavy atom. The van der Waals surface area contributed by atoms with Crippen molar-refractivity contribution in [1.29, 1.82) is 0 Å². The number of hydrogen-bond donors (Lipinski definition) is 1. The summed E-state index contributed by atoms with van der Waals surface area (Å²) in [5.41, 5.74) is 3.42. The van der Waals surface area contributed by atoms with Gasteiger partial charge in [-0.25, -0.2) is 8.42 Å². The zero-order valence-corrected chi connectivity index (χ0v) is 17.5. The zero-order valence-electron chi connectivity index (χ0n) is 16.7. The Bertz CT molecular complexity index is 942. The molecule has 150 valence electrons. The van der Waals surface area contributed by atoms with Gasteiger partial charge in [0.2, 0.25) is 15.9 Å². The molecule has 5 nitrogen and oxygen atoms in total. The molecule has 1 heterocycles. The molecule has 1 amide bonds. The summed E-state index contributed by atoms with van der Waals surface area (Å²) in [6.07, 6.45) is 1.38. The van der Waals surface area contributed by atoms with E-state index in [0.29, 0.717) is 19.4 Å². The van der Waals surface area contributed by atoms with Gasteiger partial charge in [-0.05, 0) is 56.9 Å². The van der Waals surface area contributed by atoms with Crippen molar-refractivity contribution in [1.82, 2.24) is 9.62 Å². The minimum Gasteiger partial charge on any atom is -0.349 e. The first-order valence-electron chi connectivity index (χ1n) is 9.72. The highest BCUT2D eigenvalue weighted by Crippen LogP contribution is 2.25. The van der Waals surface area contributed by atoms with Crippen LogP contribution in [0, 0.1) is 19.8 Å². The van der Waals surface area contributed by atoms with Gasteiger partial charge >= 0.3 is 0 Å². The molecule has 6 heteroatoms. The van der Waals surface area contributed by atoms with E-state index >= 15 is 0 Å². The summed E-state index contributed by atoms with van der Waals surface area (Å²) in [4.78, 5) is 13.1. The third kappa shape index (κ3) is 4.45. The molecule has 0 aliphatic carbocycles. The molecule has 0 bridgehead atoms. The van der Waals surface area contributed by atoms with E-state index in [1.54, 1.807) is 30.3 Å². The van der Waals surface area contributed by atoms with Crippen molar-refractivity contribution in [3.05, 3.63) is 65.2 Å². The maximum Gasteiger partial charge on any atom is 0.243 e. The zero-order chi connectivity index (χ0) is 20.3. The van der Waals surface area contributed by atoms with E-state index in [9.17, 15) is 13.2 Å². The van der Waals surface area contributed by atoms with Crippen molar-refractivity contribution in [2.24, 2.45) is 5.92 Å². The highest BCUT2D eigenvalue weighted by Gasteiger charge is 2.33. The van der Waals surface area contributed by atoms with Gasteiger partial charge in [0.1, 0.15) is 0 Å². The number of sulfonamides is 1. The third-order valence-electron chi connectivity index (χ3n) is 5.39. The number of rotatable bonds is 5. The topological polar surface area (TPSA) is 66.5 Å². The summed E-state index contributed by atoms with van der Waals surface area (Å²) in [6, 6.07) is 14.5. The van der Waals surface area contributed by atoms with Gasteiger partial charge in [-0.2, -0.15) is 4.31 Å². The number of nitrogens with zero attached hydrogens (tertiary/aromatic N) is 1. The second-order valence-corrected chi connectivity index (χ2v) is 9.54. The van der Waals surface area contributed by atoms with Crippen molar-refractivity contribution in [3.63, 3.8) is 0 Å². The van der Waals surface area contributed by atoms with E-state index in [-0.39, 0.29) is 29.3 Å². The average Bonchev–Trinajstić information content (AvgIpc) is 2.68. The molecule has 1 aliphatic rings. The quantitative estimate of drug-likeness (QED) is 0.834. The predicted octanol–water partition coefficient (Wildman–Crippen LogP) is 3.58. The molecule has 0 unspecified atom stereocenters. The standard InChI is InChI=1S/C22H28N2O3S/c1-16-11-12-21(17(2)14-16)18(3)23-22(25)19-8-7-13-24(15-19)28(26,27)20-9-5-4-6-10-20/h4-6,9-12,14,18-19H,7-8,13,15H2,1-3H3,(H,23,25)/t18-,19-/m1/s1. The van der Waals surface area contributed by atoms with Gasteiger partial charge < -0.3 is 5.32 Å². The van der Waals surface area contributed by atoms with E-state index in [1.165, 1.54) is 9.87 Å². The Morgan fingerprint density at radius 3 is 2.54 bits per heavy atom. The summed E-state index contributed by atoms with van der Waals surface area (Å²) in [6.45, 7) is 6.73. The molecule has 2 aromatic carbocycles. The van der Waals surface area contributed by atoms with Gasteiger partial charge in [-0.3, -0.25) is 4.79 Å². The van der Waals surface area contributed by atoms with Crippen LogP contribution in [0.4, 0.5) is 0 Å². The lowest BCUT2D eigenvalue weighted by molar-refractivity contribution is -0.126. The molecule has 0 radical (unpaired) electrons. The first-order chi connectivity index (χ1) is 13.3. The van der Waals surface area contributed by atoms with Crippen LogP contribution in [0.3, 0.4) is 0 Å². The molecule has 28 heavy (non-hydrogen) atoms. The monoisotopic (exact) mass is 400 g/mol. The van der Waals surface area contributed by atoms with E-state index in [0.717, 1.165) is 11.1 Å². The van der Waals surface area contributed by atoms with Crippen LogP contribution in [0.2, 0.25) is 0 Å². The second-order valence-electron chi connectivity index (χ2n) is 7.61. The van der Waals surface area contributed by atoms with E-state index in [1.807, 2.05) is 32.9 Å². The summed E-state index contributed by atoms with van der Waals surface area (Å²) < 4.78 is 27.2. The molecule has 0 spiro atoms. The van der Waals surface area contributed by atoms with Gasteiger partial charge in [0.05, 0.1) is 16.9 Å². The highest BCUT2D eigenvalue weighted by atomic mass is 32.2. The lowest BCUT2D eigenvalue weighted by Gasteiger charge is -2.32. The van der Waals surface area contributed by atoms with Crippen molar-refractivity contribution in [2.45, 2.75) is 44.6 Å². The first kappa shape index (κ1) is 20.6. The van der Waals surface area contributed by atoms with Crippen molar-refractivity contribution < 1.29 is 13.2 Å². The number of carbonyl (C=O) groups excluding carboxylic acids is 1. The molecule has 0 aromatic heterocycles. The number of benzene rings is 2. The number of carbonyl (C=O) groups is 1. The molecule has 3 rings (SSSR count). The lowest BCUT2D eigenvalue weighted by atomic mass is 9.96. The summed E-state index contributed by atoms with van der Waals surface area (Å²) in [7, 11) is -3.57. The van der Waals surface area contributed by atoms with Crippen LogP contribution in [0.25, 0.3) is 0 Å². The minimum absolute atomic E-state index is 0.0829. The molecular weight excluding hydrogens is 372 g/mol. The molecule has 1 aliphatic heterocycles. The minimum atomic E-state index is -3.57. The van der Waals surface area contributed by atoms with Gasteiger partial charge in [0, 0.05) is 13.1 Å². The van der Waals surface area contributed by atoms with Crippen molar-refractivity contribution in [2.75, 3.05) is 13.1 Å². The summed E-state index contributed by atoms with van der Waals surface area (Å²) in [5, 5.41) is 3.08. The lowest BCUT2D eigenvalue weighted by Crippen LogP contribution is -2.45. The molecule has 2 aromatic rings. The Morgan fingerprint density at radius 1 is 1.14 bits per heavy atom. The SMILES string of the molecule is Cc1ccc([C@@H](C)NC(=O)[C@@H]2CCCN(S(=O)(=O)c3ccccc3)C2)c(C)c1. The smallest absolute Gasteiger partial charge is 0.243 e. The highest BCUT2D eigenvalue weighted by molar-refractivity contribution is 7.89. The fourth-order valence-electron chi connectivity index (χ4n) is 3.84. The van der Waals surface area contributed by atoms with Crippen LogP contribution in [0.15, 0.2) is 53.4 Å². The van der Waals surface area contributed by atoms with Crippen LogP contribution in [0.1, 0.15) is 42.5 Å². The molecule has 0 saturated carbocycles. The Balaban J connectivity index is 1.69. The summed E-state index contributed by atoms with van der Waals surface area (Å²) in [5.74, 6) is -0.416. The van der Waals surface area contributed by atoms with Gasteiger partial charge in [0.25, 0.3) is 0 Å². The van der Waals surface area contributed by atoms with E-state index in [4.69, 9.17) is 0 Å². The van der Waals surface area contributed by atoms with Gasteiger partial charge in [-0.1, -0.05) is 42.0 Å². The number of piperidine rings is 1. The van der Waals surface area contributed by atoms with Crippen LogP contribution in [-0.2, 0) is 14.8 Å². The molecular formula is C22H28N2O3S. The Labute approximate surface area is 167 Å². The maximum absolute atomic E-state index is 12.9. The second kappa shape index (κ2) is 8.45. The fourth-order valence-corrected chi connectivity index (χ4v) is 5.38. The fraction of sp³-hybridized carbons (Fsp3) is 0.409. The first-order valence-corrected chi connectivity index (χ1v) is 11.2. The van der Waals surface area contributed by atoms with Crippen LogP contribution >= 0.6 is 0 Å². The normalized spacial score (nSPS) is 19.2. The Hall–Kier alpha value is -2.18. The number of nitrogens with one attached hydrogen (secondary N) is 1. The largest absolute Gasteiger partial charge is 0.349 e. The van der Waals surface area contributed by atoms with Gasteiger partial charge in [0.15, 0.2) is 0 Å². The van der Waals surface area contributed by atoms with E-state index < -0.39 is 10.0 Å². The molecule has 2 atom stereocenters. The molecule has 1 saturated heterocycles. The number of amides is 1. The average molecular weight is 401 g/mol. The maximum atomic E-state index is 12.9. The summed E-state index contributed by atoms with van der Waals surface area (Å²) >= 11 is 0. The molecule has 1 fully saturated rings. The van der Waals surface area contributed by atoms with Crippen LogP contribution < -0.4 is 5.32 Å². The number of hydrogen-bond acceptors (Lipinski definition) is 3. The van der Waals surface area contributed by atoms with Crippen molar-refractivity contribution in [3.8, 4) is 0 Å². The van der Waals surface area contributed by atoms with Crippen molar-refractivity contribution >= 4 is 15.9 Å². The van der Waals surface area contributed by atoms with E-state index in [2.05, 4.69) is 11.4 Å². The van der Waals surface area contributed by atoms with Gasteiger partial charge in [-0.15, -0.1) is 0 Å². The number of aryl methyl sites for hydroxylation is 2. The Kier molecular flexibility index (Phi) is 6.20. The predicted molar refractivity (Wildman–Crippen MR) is 110 cm³/mol. The van der Waals surface area contributed by atoms with Crippen LogP contribution in [0.5, 0.6) is 0 Å².